The van der Waals surface area contributed by atoms with Gasteiger partial charge in [-0.15, -0.1) is 0 Å². The average Bonchev–Trinajstić information content (AvgIpc) is 2.47. The summed E-state index contributed by atoms with van der Waals surface area (Å²) in [6.45, 7) is 4.02. The minimum Gasteiger partial charge on any atom is -0.340 e. The molecular weight excluding hydrogens is 252 g/mol. The highest BCUT2D eigenvalue weighted by molar-refractivity contribution is 5.60. The lowest BCUT2D eigenvalue weighted by atomic mass is 10.2. The summed E-state index contributed by atoms with van der Waals surface area (Å²) in [5, 5.41) is 12.0. The molecule has 0 bridgehead atoms. The molecule has 6 nitrogen and oxygen atoms in total. The molecule has 6 heteroatoms. The summed E-state index contributed by atoms with van der Waals surface area (Å²) in [7, 11) is 0. The van der Waals surface area contributed by atoms with Crippen molar-refractivity contribution in [3.8, 4) is 6.07 Å². The predicted octanol–water partition coefficient (Wildman–Crippen LogP) is 2.50. The van der Waals surface area contributed by atoms with Crippen molar-refractivity contribution >= 4 is 17.3 Å². The van der Waals surface area contributed by atoms with Crippen molar-refractivity contribution in [3.05, 3.63) is 41.7 Å². The standard InChI is InChI=1S/C14H16N6/c1-9(2)14-18-12(7-13(19-14)20-16)17-11-5-3-4-10(6-11)8-15/h3-7,9H,16H2,1-2H3,(H2,17,18,19,20). The van der Waals surface area contributed by atoms with E-state index in [9.17, 15) is 0 Å². The normalized spacial score (nSPS) is 10.2. The molecule has 1 aromatic heterocycles. The molecule has 1 heterocycles. The van der Waals surface area contributed by atoms with Crippen LogP contribution in [0.2, 0.25) is 0 Å². The molecule has 0 atom stereocenters. The van der Waals surface area contributed by atoms with Gasteiger partial charge in [0.15, 0.2) is 0 Å². The van der Waals surface area contributed by atoms with Gasteiger partial charge in [0, 0.05) is 17.7 Å². The third-order valence-corrected chi connectivity index (χ3v) is 2.67. The molecule has 0 radical (unpaired) electrons. The summed E-state index contributed by atoms with van der Waals surface area (Å²) < 4.78 is 0. The van der Waals surface area contributed by atoms with E-state index in [1.54, 1.807) is 18.2 Å². The van der Waals surface area contributed by atoms with Gasteiger partial charge in [0.25, 0.3) is 0 Å². The molecule has 2 aromatic rings. The molecule has 0 aliphatic carbocycles. The SMILES string of the molecule is CC(C)c1nc(NN)cc(Nc2cccc(C#N)c2)n1. The molecule has 0 fully saturated rings. The van der Waals surface area contributed by atoms with E-state index in [1.165, 1.54) is 0 Å². The maximum atomic E-state index is 8.90. The summed E-state index contributed by atoms with van der Waals surface area (Å²) >= 11 is 0. The summed E-state index contributed by atoms with van der Waals surface area (Å²) in [5.41, 5.74) is 3.91. The number of nitrogens with zero attached hydrogens (tertiary/aromatic N) is 3. The van der Waals surface area contributed by atoms with Crippen LogP contribution in [0.5, 0.6) is 0 Å². The number of nitrogens with one attached hydrogen (secondary N) is 2. The Bertz CT molecular complexity index is 644. The van der Waals surface area contributed by atoms with Gasteiger partial charge in [0.05, 0.1) is 11.6 Å². The molecule has 102 valence electrons. The molecule has 2 rings (SSSR count). The zero-order valence-electron chi connectivity index (χ0n) is 11.4. The van der Waals surface area contributed by atoms with Crippen LogP contribution in [-0.4, -0.2) is 9.97 Å². The van der Waals surface area contributed by atoms with Gasteiger partial charge in [-0.3, -0.25) is 0 Å². The molecule has 1 aromatic carbocycles. The third-order valence-electron chi connectivity index (χ3n) is 2.67. The van der Waals surface area contributed by atoms with Crippen LogP contribution in [0.15, 0.2) is 30.3 Å². The lowest BCUT2D eigenvalue weighted by Gasteiger charge is -2.11. The quantitative estimate of drug-likeness (QED) is 0.582. The van der Waals surface area contributed by atoms with Crippen molar-refractivity contribution in [3.63, 3.8) is 0 Å². The highest BCUT2D eigenvalue weighted by atomic mass is 15.3. The maximum absolute atomic E-state index is 8.90. The van der Waals surface area contributed by atoms with Crippen LogP contribution >= 0.6 is 0 Å². The Balaban J connectivity index is 2.32. The first-order valence-electron chi connectivity index (χ1n) is 6.25. The van der Waals surface area contributed by atoms with E-state index in [0.29, 0.717) is 23.0 Å². The number of nitriles is 1. The van der Waals surface area contributed by atoms with Crippen LogP contribution in [0, 0.1) is 11.3 Å². The van der Waals surface area contributed by atoms with Crippen molar-refractivity contribution in [2.75, 3.05) is 10.7 Å². The Morgan fingerprint density at radius 1 is 1.20 bits per heavy atom. The molecule has 0 unspecified atom stereocenters. The summed E-state index contributed by atoms with van der Waals surface area (Å²) in [4.78, 5) is 8.72. The number of nitrogens with two attached hydrogens (primary N) is 1. The van der Waals surface area contributed by atoms with E-state index < -0.39 is 0 Å². The molecule has 0 spiro atoms. The van der Waals surface area contributed by atoms with Crippen LogP contribution in [0.3, 0.4) is 0 Å². The summed E-state index contributed by atoms with van der Waals surface area (Å²) in [6, 6.07) is 11.0. The fraction of sp³-hybridized carbons (Fsp3) is 0.214. The number of benzene rings is 1. The van der Waals surface area contributed by atoms with Gasteiger partial charge in [-0.1, -0.05) is 19.9 Å². The Labute approximate surface area is 117 Å². The number of hydrogen-bond donors (Lipinski definition) is 3. The second kappa shape index (κ2) is 5.99. The number of nitrogen functional groups attached to an aromatic ring is 1. The van der Waals surface area contributed by atoms with Crippen LogP contribution in [0.1, 0.15) is 31.2 Å². The number of rotatable bonds is 4. The topological polar surface area (TPSA) is 99.6 Å². The van der Waals surface area contributed by atoms with Crippen molar-refractivity contribution in [1.82, 2.24) is 9.97 Å². The minimum absolute atomic E-state index is 0.189. The second-order valence-electron chi connectivity index (χ2n) is 4.61. The Kier molecular flexibility index (Phi) is 4.13. The van der Waals surface area contributed by atoms with Gasteiger partial charge >= 0.3 is 0 Å². The lowest BCUT2D eigenvalue weighted by Crippen LogP contribution is -2.12. The molecule has 0 amide bonds. The monoisotopic (exact) mass is 268 g/mol. The zero-order chi connectivity index (χ0) is 14.5. The number of aromatic nitrogens is 2. The highest BCUT2D eigenvalue weighted by Crippen LogP contribution is 2.20. The summed E-state index contributed by atoms with van der Waals surface area (Å²) in [5.74, 6) is 7.47. The minimum atomic E-state index is 0.189. The van der Waals surface area contributed by atoms with Gasteiger partial charge in [-0.2, -0.15) is 5.26 Å². The highest BCUT2D eigenvalue weighted by Gasteiger charge is 2.08. The maximum Gasteiger partial charge on any atom is 0.145 e. The predicted molar refractivity (Wildman–Crippen MR) is 78.4 cm³/mol. The Morgan fingerprint density at radius 3 is 2.60 bits per heavy atom. The number of anilines is 3. The Morgan fingerprint density at radius 2 is 1.95 bits per heavy atom. The van der Waals surface area contributed by atoms with Crippen LogP contribution in [-0.2, 0) is 0 Å². The molecule has 0 saturated heterocycles. The summed E-state index contributed by atoms with van der Waals surface area (Å²) in [6.07, 6.45) is 0. The molecular formula is C14H16N6. The first kappa shape index (κ1) is 13.8. The number of hydrazine groups is 1. The van der Waals surface area contributed by atoms with E-state index in [0.717, 1.165) is 5.69 Å². The van der Waals surface area contributed by atoms with E-state index in [-0.39, 0.29) is 5.92 Å². The smallest absolute Gasteiger partial charge is 0.145 e. The van der Waals surface area contributed by atoms with E-state index in [2.05, 4.69) is 26.8 Å². The molecule has 0 aliphatic rings. The second-order valence-corrected chi connectivity index (χ2v) is 4.61. The van der Waals surface area contributed by atoms with Gasteiger partial charge in [-0.05, 0) is 18.2 Å². The third kappa shape index (κ3) is 3.22. The fourth-order valence-corrected chi connectivity index (χ4v) is 1.68. The van der Waals surface area contributed by atoms with E-state index >= 15 is 0 Å². The largest absolute Gasteiger partial charge is 0.340 e. The van der Waals surface area contributed by atoms with Gasteiger partial charge in [-0.25, -0.2) is 15.8 Å². The lowest BCUT2D eigenvalue weighted by molar-refractivity contribution is 0.777. The van der Waals surface area contributed by atoms with Gasteiger partial charge < -0.3 is 10.7 Å². The average molecular weight is 268 g/mol. The van der Waals surface area contributed by atoms with E-state index in [4.69, 9.17) is 11.1 Å². The first-order valence-corrected chi connectivity index (χ1v) is 6.25. The van der Waals surface area contributed by atoms with Crippen molar-refractivity contribution in [2.24, 2.45) is 5.84 Å². The van der Waals surface area contributed by atoms with Gasteiger partial charge in [0.2, 0.25) is 0 Å². The zero-order valence-corrected chi connectivity index (χ0v) is 11.4. The van der Waals surface area contributed by atoms with Crippen LogP contribution < -0.4 is 16.6 Å². The van der Waals surface area contributed by atoms with Crippen molar-refractivity contribution in [1.29, 1.82) is 5.26 Å². The van der Waals surface area contributed by atoms with Crippen molar-refractivity contribution in [2.45, 2.75) is 19.8 Å². The van der Waals surface area contributed by atoms with Crippen LogP contribution in [0.25, 0.3) is 0 Å². The van der Waals surface area contributed by atoms with Crippen molar-refractivity contribution < 1.29 is 0 Å². The van der Waals surface area contributed by atoms with Gasteiger partial charge in [0.1, 0.15) is 17.5 Å². The van der Waals surface area contributed by atoms with Crippen LogP contribution in [0.4, 0.5) is 17.3 Å². The van der Waals surface area contributed by atoms with E-state index in [1.807, 2.05) is 26.0 Å². The molecule has 20 heavy (non-hydrogen) atoms. The first-order chi connectivity index (χ1) is 9.62. The number of hydrogen-bond acceptors (Lipinski definition) is 6. The fourth-order valence-electron chi connectivity index (χ4n) is 1.68. The Hall–Kier alpha value is -2.65. The molecule has 0 aliphatic heterocycles. The molecule has 4 N–H and O–H groups in total. The molecule has 0 saturated carbocycles.